The zero-order chi connectivity index (χ0) is 14.8. The van der Waals surface area contributed by atoms with E-state index < -0.39 is 11.6 Å². The quantitative estimate of drug-likeness (QED) is 0.675. The first kappa shape index (κ1) is 14.6. The van der Waals surface area contributed by atoms with Gasteiger partial charge in [-0.05, 0) is 30.5 Å². The molecular weight excluding hydrogens is 262 g/mol. The van der Waals surface area contributed by atoms with E-state index in [0.29, 0.717) is 37.2 Å². The second-order valence-electron chi connectivity index (χ2n) is 5.12. The number of methoxy groups -OCH3 is 2. The molecule has 6 heteroatoms. The van der Waals surface area contributed by atoms with E-state index in [4.69, 9.17) is 9.47 Å². The van der Waals surface area contributed by atoms with Crippen LogP contribution in [0.4, 0.5) is 0 Å². The van der Waals surface area contributed by atoms with Gasteiger partial charge >= 0.3 is 0 Å². The Morgan fingerprint density at radius 2 is 1.85 bits per heavy atom. The number of ether oxygens (including phenoxy) is 2. The van der Waals surface area contributed by atoms with Gasteiger partial charge in [0.1, 0.15) is 0 Å². The van der Waals surface area contributed by atoms with Crippen LogP contribution in [0.2, 0.25) is 0 Å². The van der Waals surface area contributed by atoms with Crippen LogP contribution in [0, 0.1) is 10.1 Å². The first-order valence-electron chi connectivity index (χ1n) is 6.58. The largest absolute Gasteiger partial charge is 0.493 e. The fraction of sp³-hybridized carbons (Fsp3) is 0.571. The van der Waals surface area contributed by atoms with Gasteiger partial charge in [-0.25, -0.2) is 0 Å². The van der Waals surface area contributed by atoms with Gasteiger partial charge in [0.05, 0.1) is 19.8 Å². The topological polar surface area (TPSA) is 81.8 Å². The first-order chi connectivity index (χ1) is 9.50. The molecular formula is C14H19NO5. The minimum atomic E-state index is -1.02. The number of hydrogen-bond donors (Lipinski definition) is 1. The maximum Gasteiger partial charge on any atom is 0.213 e. The number of hydrogen-bond acceptors (Lipinski definition) is 5. The van der Waals surface area contributed by atoms with Crippen molar-refractivity contribution in [2.45, 2.75) is 37.3 Å². The summed E-state index contributed by atoms with van der Waals surface area (Å²) >= 11 is 0. The van der Waals surface area contributed by atoms with Crippen LogP contribution in [-0.2, 0) is 5.60 Å². The van der Waals surface area contributed by atoms with Gasteiger partial charge in [-0.1, -0.05) is 6.07 Å². The van der Waals surface area contributed by atoms with Gasteiger partial charge in [0.25, 0.3) is 0 Å². The summed E-state index contributed by atoms with van der Waals surface area (Å²) in [5.74, 6) is 1.15. The maximum atomic E-state index is 10.8. The lowest BCUT2D eigenvalue weighted by atomic mass is 9.78. The summed E-state index contributed by atoms with van der Waals surface area (Å²) in [6, 6.07) is 4.72. The van der Waals surface area contributed by atoms with Gasteiger partial charge < -0.3 is 14.6 Å². The van der Waals surface area contributed by atoms with E-state index in [1.165, 1.54) is 7.11 Å². The molecule has 0 bridgehead atoms. The monoisotopic (exact) mass is 281 g/mol. The van der Waals surface area contributed by atoms with E-state index in [-0.39, 0.29) is 4.92 Å². The highest BCUT2D eigenvalue weighted by atomic mass is 16.6. The van der Waals surface area contributed by atoms with Crippen molar-refractivity contribution in [2.75, 3.05) is 14.2 Å². The number of nitrogens with zero attached hydrogens (tertiary/aromatic N) is 1. The average molecular weight is 281 g/mol. The Kier molecular flexibility index (Phi) is 4.13. The zero-order valence-corrected chi connectivity index (χ0v) is 11.7. The molecule has 1 aliphatic rings. The molecule has 1 saturated carbocycles. The van der Waals surface area contributed by atoms with E-state index >= 15 is 0 Å². The summed E-state index contributed by atoms with van der Waals surface area (Å²) < 4.78 is 10.4. The lowest BCUT2D eigenvalue weighted by Gasteiger charge is -2.33. The van der Waals surface area contributed by atoms with E-state index in [0.717, 1.165) is 5.56 Å². The molecule has 110 valence electrons. The van der Waals surface area contributed by atoms with Gasteiger partial charge in [0.15, 0.2) is 11.5 Å². The zero-order valence-electron chi connectivity index (χ0n) is 11.7. The van der Waals surface area contributed by atoms with Crippen LogP contribution in [0.1, 0.15) is 31.2 Å². The molecule has 6 nitrogen and oxygen atoms in total. The SMILES string of the molecule is COc1ccc(C2(O)CCC([N+](=O)[O-])CC2)cc1OC. The second-order valence-corrected chi connectivity index (χ2v) is 5.12. The molecule has 0 aromatic heterocycles. The molecule has 0 atom stereocenters. The minimum absolute atomic E-state index is 0.256. The van der Waals surface area contributed by atoms with Crippen LogP contribution in [0.3, 0.4) is 0 Å². The van der Waals surface area contributed by atoms with Crippen molar-refractivity contribution < 1.29 is 19.5 Å². The third kappa shape index (κ3) is 2.70. The molecule has 0 amide bonds. The molecule has 0 spiro atoms. The lowest BCUT2D eigenvalue weighted by Crippen LogP contribution is -2.36. The highest BCUT2D eigenvalue weighted by molar-refractivity contribution is 5.44. The maximum absolute atomic E-state index is 10.8. The van der Waals surface area contributed by atoms with E-state index in [1.54, 1.807) is 25.3 Å². The molecule has 1 N–H and O–H groups in total. The summed E-state index contributed by atoms with van der Waals surface area (Å²) in [5.41, 5.74) is -0.302. The Morgan fingerprint density at radius 3 is 2.35 bits per heavy atom. The fourth-order valence-corrected chi connectivity index (χ4v) is 2.71. The third-order valence-corrected chi connectivity index (χ3v) is 4.00. The molecule has 0 aliphatic heterocycles. The van der Waals surface area contributed by atoms with Crippen molar-refractivity contribution in [1.29, 1.82) is 0 Å². The molecule has 20 heavy (non-hydrogen) atoms. The minimum Gasteiger partial charge on any atom is -0.493 e. The summed E-state index contributed by atoms with van der Waals surface area (Å²) in [7, 11) is 3.09. The second kappa shape index (κ2) is 5.66. The van der Waals surface area contributed by atoms with E-state index in [9.17, 15) is 15.2 Å². The average Bonchev–Trinajstić information content (AvgIpc) is 2.46. The highest BCUT2D eigenvalue weighted by Gasteiger charge is 2.39. The van der Waals surface area contributed by atoms with Crippen LogP contribution in [0.25, 0.3) is 0 Å². The summed E-state index contributed by atoms with van der Waals surface area (Å²) in [6.07, 6.45) is 1.54. The molecule has 1 aromatic rings. The predicted molar refractivity (Wildman–Crippen MR) is 72.7 cm³/mol. The Labute approximate surface area is 117 Å². The first-order valence-corrected chi connectivity index (χ1v) is 6.58. The molecule has 1 aliphatic carbocycles. The van der Waals surface area contributed by atoms with Gasteiger partial charge in [0, 0.05) is 17.8 Å². The van der Waals surface area contributed by atoms with Crippen molar-refractivity contribution in [3.05, 3.63) is 33.9 Å². The normalized spacial score (nSPS) is 26.1. The van der Waals surface area contributed by atoms with Gasteiger partial charge in [-0.15, -0.1) is 0 Å². The van der Waals surface area contributed by atoms with E-state index in [2.05, 4.69) is 0 Å². The number of aliphatic hydroxyl groups is 1. The smallest absolute Gasteiger partial charge is 0.213 e. The van der Waals surface area contributed by atoms with Crippen LogP contribution in [0.5, 0.6) is 11.5 Å². The number of rotatable bonds is 4. The highest BCUT2D eigenvalue weighted by Crippen LogP contribution is 2.40. The molecule has 1 fully saturated rings. The van der Waals surface area contributed by atoms with Crippen molar-refractivity contribution >= 4 is 0 Å². The Morgan fingerprint density at radius 1 is 1.25 bits per heavy atom. The van der Waals surface area contributed by atoms with Gasteiger partial charge in [0.2, 0.25) is 6.04 Å². The van der Waals surface area contributed by atoms with Crippen molar-refractivity contribution in [1.82, 2.24) is 0 Å². The molecule has 0 unspecified atom stereocenters. The molecule has 0 heterocycles. The fourth-order valence-electron chi connectivity index (χ4n) is 2.71. The number of benzene rings is 1. The van der Waals surface area contributed by atoms with Crippen LogP contribution in [0.15, 0.2) is 18.2 Å². The van der Waals surface area contributed by atoms with Crippen molar-refractivity contribution in [3.8, 4) is 11.5 Å². The lowest BCUT2D eigenvalue weighted by molar-refractivity contribution is -0.528. The Balaban J connectivity index is 2.21. The number of nitro groups is 1. The molecule has 0 saturated heterocycles. The van der Waals surface area contributed by atoms with Crippen molar-refractivity contribution in [3.63, 3.8) is 0 Å². The predicted octanol–water partition coefficient (Wildman–Crippen LogP) is 2.11. The van der Waals surface area contributed by atoms with Crippen LogP contribution < -0.4 is 9.47 Å². The Hall–Kier alpha value is -1.82. The summed E-state index contributed by atoms with van der Waals surface area (Å²) in [4.78, 5) is 10.5. The van der Waals surface area contributed by atoms with Crippen LogP contribution >= 0.6 is 0 Å². The van der Waals surface area contributed by atoms with Gasteiger partial charge in [-0.3, -0.25) is 10.1 Å². The molecule has 1 aromatic carbocycles. The molecule has 0 radical (unpaired) electrons. The van der Waals surface area contributed by atoms with Gasteiger partial charge in [-0.2, -0.15) is 0 Å². The van der Waals surface area contributed by atoms with Crippen molar-refractivity contribution in [2.24, 2.45) is 0 Å². The summed E-state index contributed by atoms with van der Waals surface area (Å²) in [5, 5.41) is 21.5. The molecule has 2 rings (SSSR count). The van der Waals surface area contributed by atoms with Crippen LogP contribution in [-0.4, -0.2) is 30.3 Å². The standard InChI is InChI=1S/C14H19NO5/c1-19-12-4-3-10(9-13(12)20-2)14(16)7-5-11(6-8-14)15(17)18/h3-4,9,11,16H,5-8H2,1-2H3. The summed E-state index contributed by atoms with van der Waals surface area (Å²) in [6.45, 7) is 0. The van der Waals surface area contributed by atoms with E-state index in [1.807, 2.05) is 0 Å². The Bertz CT molecular complexity index is 494. The third-order valence-electron chi connectivity index (χ3n) is 4.00.